The van der Waals surface area contributed by atoms with Crippen molar-refractivity contribution in [3.8, 4) is 11.3 Å². The maximum atomic E-state index is 5.22. The van der Waals surface area contributed by atoms with E-state index in [4.69, 9.17) is 9.97 Å². The van der Waals surface area contributed by atoms with Crippen molar-refractivity contribution >= 4 is 11.8 Å². The second-order valence-corrected chi connectivity index (χ2v) is 11.1. The summed E-state index contributed by atoms with van der Waals surface area (Å²) < 4.78 is 0. The van der Waals surface area contributed by atoms with Crippen molar-refractivity contribution in [1.29, 1.82) is 0 Å². The summed E-state index contributed by atoms with van der Waals surface area (Å²) in [5, 5.41) is 15.2. The highest BCUT2D eigenvalue weighted by atomic mass is 15.2. The highest BCUT2D eigenvalue weighted by molar-refractivity contribution is 5.62. The summed E-state index contributed by atoms with van der Waals surface area (Å²) in [6.07, 6.45) is 16.7. The quantitative estimate of drug-likeness (QED) is 0.365. The van der Waals surface area contributed by atoms with Gasteiger partial charge >= 0.3 is 0 Å². The zero-order valence-electron chi connectivity index (χ0n) is 22.0. The number of fused-ring (bicyclic) bond motifs is 1. The van der Waals surface area contributed by atoms with E-state index in [1.165, 1.54) is 86.0 Å². The Labute approximate surface area is 220 Å². The Morgan fingerprint density at radius 1 is 0.838 bits per heavy atom. The molecule has 6 rings (SSSR count). The predicted molar refractivity (Wildman–Crippen MR) is 150 cm³/mol. The second-order valence-electron chi connectivity index (χ2n) is 11.1. The molecule has 7 nitrogen and oxygen atoms in total. The molecule has 3 N–H and O–H groups in total. The first-order chi connectivity index (χ1) is 18.3. The smallest absolute Gasteiger partial charge is 0.225 e. The van der Waals surface area contributed by atoms with Gasteiger partial charge in [0.2, 0.25) is 5.95 Å². The first-order valence-corrected chi connectivity index (χ1v) is 14.6. The molecule has 1 aromatic carbocycles. The number of rotatable bonds is 7. The largest absolute Gasteiger partial charge is 0.356 e. The normalized spacial score (nSPS) is 22.3. The van der Waals surface area contributed by atoms with E-state index < -0.39 is 0 Å². The van der Waals surface area contributed by atoms with E-state index in [1.807, 2.05) is 6.20 Å². The number of aromatic nitrogens is 4. The van der Waals surface area contributed by atoms with Gasteiger partial charge in [0.15, 0.2) is 0 Å². The van der Waals surface area contributed by atoms with Gasteiger partial charge in [0.05, 0.1) is 17.6 Å². The second kappa shape index (κ2) is 11.6. The average Bonchev–Trinajstić information content (AvgIpc) is 3.39. The summed E-state index contributed by atoms with van der Waals surface area (Å²) in [7, 11) is 0. The summed E-state index contributed by atoms with van der Waals surface area (Å²) >= 11 is 0. The molecule has 2 unspecified atom stereocenters. The van der Waals surface area contributed by atoms with Gasteiger partial charge in [-0.3, -0.25) is 5.10 Å². The lowest BCUT2D eigenvalue weighted by Gasteiger charge is -2.27. The number of nitrogens with one attached hydrogen (secondary N) is 3. The molecule has 1 saturated heterocycles. The number of H-pyrrole nitrogens is 1. The van der Waals surface area contributed by atoms with Crippen molar-refractivity contribution in [2.24, 2.45) is 0 Å². The van der Waals surface area contributed by atoms with E-state index in [0.29, 0.717) is 12.1 Å². The lowest BCUT2D eigenvalue weighted by Crippen LogP contribution is -2.40. The van der Waals surface area contributed by atoms with Crippen LogP contribution in [0, 0.1) is 0 Å². The minimum absolute atomic E-state index is 0.341. The van der Waals surface area contributed by atoms with Gasteiger partial charge < -0.3 is 15.5 Å². The fourth-order valence-corrected chi connectivity index (χ4v) is 6.44. The van der Waals surface area contributed by atoms with Gasteiger partial charge in [-0.2, -0.15) is 10.1 Å². The van der Waals surface area contributed by atoms with Crippen molar-refractivity contribution in [3.63, 3.8) is 0 Å². The fourth-order valence-electron chi connectivity index (χ4n) is 6.44. The molecule has 0 radical (unpaired) electrons. The molecule has 2 atom stereocenters. The zero-order valence-corrected chi connectivity index (χ0v) is 22.0. The number of nitrogens with zero attached hydrogens (tertiary/aromatic N) is 4. The lowest BCUT2D eigenvalue weighted by atomic mass is 10.1. The molecular weight excluding hydrogens is 458 g/mol. The number of anilines is 2. The molecule has 3 heterocycles. The van der Waals surface area contributed by atoms with Crippen LogP contribution in [0.15, 0.2) is 36.5 Å². The molecular formula is C30H41N7. The van der Waals surface area contributed by atoms with Crippen molar-refractivity contribution in [2.75, 3.05) is 23.3 Å². The van der Waals surface area contributed by atoms with E-state index in [1.54, 1.807) is 0 Å². The molecule has 2 fully saturated rings. The van der Waals surface area contributed by atoms with Gasteiger partial charge in [-0.1, -0.05) is 49.6 Å². The van der Waals surface area contributed by atoms with E-state index in [9.17, 15) is 0 Å². The Kier molecular flexibility index (Phi) is 7.67. The van der Waals surface area contributed by atoms with Crippen LogP contribution in [0.2, 0.25) is 0 Å². The lowest BCUT2D eigenvalue weighted by molar-refractivity contribution is 0.491. The van der Waals surface area contributed by atoms with Gasteiger partial charge in [0, 0.05) is 42.8 Å². The molecule has 3 aliphatic rings. The van der Waals surface area contributed by atoms with E-state index in [0.717, 1.165) is 50.5 Å². The molecule has 37 heavy (non-hydrogen) atoms. The third kappa shape index (κ3) is 5.66. The SMILES string of the molecule is c1ccc(-c2[nH]ncc2CNC2CCCC2Nc2nc3c(c(N4CCCCCC4)n2)CCCCC3)cc1. The summed E-state index contributed by atoms with van der Waals surface area (Å²) in [6.45, 7) is 3.06. The van der Waals surface area contributed by atoms with Crippen LogP contribution in [0.5, 0.6) is 0 Å². The average molecular weight is 500 g/mol. The molecule has 0 amide bonds. The highest BCUT2D eigenvalue weighted by Gasteiger charge is 2.29. The Balaban J connectivity index is 1.18. The Bertz CT molecular complexity index is 1150. The summed E-state index contributed by atoms with van der Waals surface area (Å²) in [5.41, 5.74) is 6.22. The first kappa shape index (κ1) is 24.4. The van der Waals surface area contributed by atoms with Crippen LogP contribution in [0.1, 0.15) is 81.0 Å². The zero-order chi connectivity index (χ0) is 24.9. The van der Waals surface area contributed by atoms with Gasteiger partial charge in [-0.15, -0.1) is 0 Å². The molecule has 0 bridgehead atoms. The van der Waals surface area contributed by atoms with Crippen LogP contribution in [0.3, 0.4) is 0 Å². The number of hydrogen-bond acceptors (Lipinski definition) is 6. The van der Waals surface area contributed by atoms with Crippen LogP contribution in [0.25, 0.3) is 11.3 Å². The van der Waals surface area contributed by atoms with Gasteiger partial charge in [0.1, 0.15) is 5.82 Å². The van der Waals surface area contributed by atoms with Crippen molar-refractivity contribution in [3.05, 3.63) is 53.3 Å². The molecule has 3 aromatic rings. The first-order valence-electron chi connectivity index (χ1n) is 14.6. The Hall–Kier alpha value is -2.93. The highest BCUT2D eigenvalue weighted by Crippen LogP contribution is 2.31. The molecule has 2 aliphatic carbocycles. The van der Waals surface area contributed by atoms with Crippen LogP contribution >= 0.6 is 0 Å². The fraction of sp³-hybridized carbons (Fsp3) is 0.567. The van der Waals surface area contributed by atoms with E-state index >= 15 is 0 Å². The molecule has 0 spiro atoms. The standard InChI is InChI=1S/C30H41N7/c1-2-10-19-37(18-9-1)29-24-14-7-4-8-15-25(24)33-30(35-29)34-27-17-11-16-26(27)31-20-23-21-32-36-28(23)22-12-5-3-6-13-22/h3,5-6,12-13,21,26-27,31H,1-2,4,7-11,14-20H2,(H,32,36)(H,33,34,35). The van der Waals surface area contributed by atoms with Crippen LogP contribution in [0.4, 0.5) is 11.8 Å². The number of aryl methyl sites for hydroxylation is 1. The maximum Gasteiger partial charge on any atom is 0.225 e. The minimum atomic E-state index is 0.341. The number of benzene rings is 1. The number of aromatic amines is 1. The summed E-state index contributed by atoms with van der Waals surface area (Å²) in [5.74, 6) is 2.07. The van der Waals surface area contributed by atoms with Crippen LogP contribution < -0.4 is 15.5 Å². The minimum Gasteiger partial charge on any atom is -0.356 e. The Morgan fingerprint density at radius 2 is 1.62 bits per heavy atom. The molecule has 1 saturated carbocycles. The monoisotopic (exact) mass is 499 g/mol. The van der Waals surface area contributed by atoms with Crippen molar-refractivity contribution < 1.29 is 0 Å². The van der Waals surface area contributed by atoms with Crippen molar-refractivity contribution in [1.82, 2.24) is 25.5 Å². The molecule has 1 aliphatic heterocycles. The van der Waals surface area contributed by atoms with Crippen molar-refractivity contribution in [2.45, 2.75) is 95.7 Å². The van der Waals surface area contributed by atoms with Gasteiger partial charge in [0.25, 0.3) is 0 Å². The topological polar surface area (TPSA) is 81.8 Å². The van der Waals surface area contributed by atoms with Gasteiger partial charge in [-0.05, 0) is 63.4 Å². The molecule has 196 valence electrons. The third-order valence-corrected chi connectivity index (χ3v) is 8.48. The molecule has 7 heteroatoms. The van der Waals surface area contributed by atoms with Crippen LogP contribution in [-0.4, -0.2) is 45.3 Å². The molecule has 2 aromatic heterocycles. The van der Waals surface area contributed by atoms with Gasteiger partial charge in [-0.25, -0.2) is 4.98 Å². The third-order valence-electron chi connectivity index (χ3n) is 8.48. The van der Waals surface area contributed by atoms with E-state index in [-0.39, 0.29) is 0 Å². The maximum absolute atomic E-state index is 5.22. The predicted octanol–water partition coefficient (Wildman–Crippen LogP) is 5.64. The summed E-state index contributed by atoms with van der Waals surface area (Å²) in [6, 6.07) is 11.2. The summed E-state index contributed by atoms with van der Waals surface area (Å²) in [4.78, 5) is 12.9. The number of hydrogen-bond donors (Lipinski definition) is 3. The van der Waals surface area contributed by atoms with Crippen LogP contribution in [-0.2, 0) is 19.4 Å². The van der Waals surface area contributed by atoms with E-state index in [2.05, 4.69) is 56.1 Å². The Morgan fingerprint density at radius 3 is 2.49 bits per heavy atom.